The molecule has 3 rings (SSSR count). The smallest absolute Gasteiger partial charge is 0.227 e. The van der Waals surface area contributed by atoms with E-state index >= 15 is 0 Å². The second-order valence-corrected chi connectivity index (χ2v) is 9.47. The molecule has 39 heavy (non-hydrogen) atoms. The van der Waals surface area contributed by atoms with Crippen molar-refractivity contribution in [3.05, 3.63) is 85.1 Å². The standard InChI is InChI=1S/C29H40N6O4/c1-3-12-35(32-4-2)20-25(17-23-8-10-27(37)11-9-23)29(38)34(21-28(30)31-22-36)19-24-6-5-7-26(18-24)33-13-15-39-16-14-33/h3-11,18,22,25,28,32,37H,1-2,12-17,19-21,30H2,(H,31,36)/t25-,28?/m1/s1. The highest BCUT2D eigenvalue weighted by atomic mass is 16.5. The number of anilines is 1. The van der Waals surface area contributed by atoms with Crippen LogP contribution in [-0.4, -0.2) is 79.4 Å². The number of nitrogens with zero attached hydrogens (tertiary/aromatic N) is 3. The number of hydrazine groups is 1. The third-order valence-corrected chi connectivity index (χ3v) is 6.50. The Bertz CT molecular complexity index is 1060. The average Bonchev–Trinajstić information content (AvgIpc) is 2.94. The molecule has 2 aromatic carbocycles. The minimum Gasteiger partial charge on any atom is -0.508 e. The monoisotopic (exact) mass is 536 g/mol. The van der Waals surface area contributed by atoms with Gasteiger partial charge in [-0.2, -0.15) is 0 Å². The van der Waals surface area contributed by atoms with Gasteiger partial charge < -0.3 is 36.1 Å². The van der Waals surface area contributed by atoms with Crippen LogP contribution < -0.4 is 21.4 Å². The molecule has 2 aromatic rings. The van der Waals surface area contributed by atoms with E-state index in [1.807, 2.05) is 29.3 Å². The van der Waals surface area contributed by atoms with Gasteiger partial charge in [0.1, 0.15) is 5.75 Å². The third-order valence-electron chi connectivity index (χ3n) is 6.50. The molecular formula is C29H40N6O4. The molecule has 1 aliphatic rings. The highest BCUT2D eigenvalue weighted by molar-refractivity contribution is 5.79. The first-order valence-corrected chi connectivity index (χ1v) is 13.1. The Morgan fingerprint density at radius 2 is 1.87 bits per heavy atom. The Hall–Kier alpha value is -3.86. The van der Waals surface area contributed by atoms with Gasteiger partial charge in [-0.3, -0.25) is 9.59 Å². The molecule has 0 spiro atoms. The zero-order valence-corrected chi connectivity index (χ0v) is 22.4. The van der Waals surface area contributed by atoms with Gasteiger partial charge in [-0.15, -0.1) is 6.58 Å². The van der Waals surface area contributed by atoms with Crippen LogP contribution in [0.15, 0.2) is 74.0 Å². The normalized spacial score (nSPS) is 14.8. The molecule has 1 heterocycles. The fourth-order valence-electron chi connectivity index (χ4n) is 4.64. The number of rotatable bonds is 16. The van der Waals surface area contributed by atoms with Crippen LogP contribution in [0.2, 0.25) is 0 Å². The number of hydrogen-bond acceptors (Lipinski definition) is 8. The summed E-state index contributed by atoms with van der Waals surface area (Å²) >= 11 is 0. The lowest BCUT2D eigenvalue weighted by molar-refractivity contribution is -0.137. The van der Waals surface area contributed by atoms with Crippen LogP contribution >= 0.6 is 0 Å². The summed E-state index contributed by atoms with van der Waals surface area (Å²) in [7, 11) is 0. The number of amides is 2. The van der Waals surface area contributed by atoms with Crippen molar-refractivity contribution in [1.29, 1.82) is 0 Å². The van der Waals surface area contributed by atoms with E-state index in [1.54, 1.807) is 29.3 Å². The summed E-state index contributed by atoms with van der Waals surface area (Å²) in [5.74, 6) is -0.411. The van der Waals surface area contributed by atoms with Crippen molar-refractivity contribution in [1.82, 2.24) is 20.7 Å². The lowest BCUT2D eigenvalue weighted by atomic mass is 9.96. The lowest BCUT2D eigenvalue weighted by Gasteiger charge is -2.33. The quantitative estimate of drug-likeness (QED) is 0.110. The maximum absolute atomic E-state index is 14.2. The number of nitrogens with two attached hydrogens (primary N) is 1. The number of phenolic OH excluding ortho intramolecular Hbond substituents is 1. The molecule has 0 aromatic heterocycles. The Labute approximate surface area is 230 Å². The van der Waals surface area contributed by atoms with Gasteiger partial charge in [0.05, 0.1) is 31.8 Å². The Balaban J connectivity index is 1.88. The summed E-state index contributed by atoms with van der Waals surface area (Å²) < 4.78 is 5.48. The molecule has 1 saturated heterocycles. The average molecular weight is 537 g/mol. The van der Waals surface area contributed by atoms with Crippen molar-refractivity contribution in [2.75, 3.05) is 50.8 Å². The molecule has 0 aliphatic carbocycles. The summed E-state index contributed by atoms with van der Waals surface area (Å²) in [5, 5.41) is 14.2. The topological polar surface area (TPSA) is 123 Å². The number of hydrogen-bond donors (Lipinski definition) is 4. The van der Waals surface area contributed by atoms with Crippen molar-refractivity contribution in [2.24, 2.45) is 11.7 Å². The molecule has 0 bridgehead atoms. The van der Waals surface area contributed by atoms with Gasteiger partial charge in [0.25, 0.3) is 0 Å². The van der Waals surface area contributed by atoms with Crippen LogP contribution in [0.3, 0.4) is 0 Å². The molecule has 0 saturated carbocycles. The van der Waals surface area contributed by atoms with Crippen molar-refractivity contribution in [3.8, 4) is 5.75 Å². The molecule has 2 amide bonds. The summed E-state index contributed by atoms with van der Waals surface area (Å²) in [6.07, 6.45) is 3.56. The zero-order valence-electron chi connectivity index (χ0n) is 22.4. The number of morpholine rings is 1. The number of aromatic hydroxyl groups is 1. The van der Waals surface area contributed by atoms with Crippen LogP contribution in [0.25, 0.3) is 0 Å². The van der Waals surface area contributed by atoms with E-state index in [-0.39, 0.29) is 18.2 Å². The van der Waals surface area contributed by atoms with E-state index in [9.17, 15) is 14.7 Å². The molecule has 10 nitrogen and oxygen atoms in total. The molecule has 1 unspecified atom stereocenters. The van der Waals surface area contributed by atoms with E-state index in [4.69, 9.17) is 10.5 Å². The van der Waals surface area contributed by atoms with Gasteiger partial charge in [0.15, 0.2) is 0 Å². The van der Waals surface area contributed by atoms with E-state index in [1.165, 1.54) is 0 Å². The second kappa shape index (κ2) is 15.5. The highest BCUT2D eigenvalue weighted by Crippen LogP contribution is 2.21. The zero-order chi connectivity index (χ0) is 28.0. The summed E-state index contributed by atoms with van der Waals surface area (Å²) in [4.78, 5) is 29.2. The van der Waals surface area contributed by atoms with Crippen molar-refractivity contribution >= 4 is 18.0 Å². The first kappa shape index (κ1) is 29.7. The molecule has 2 atom stereocenters. The van der Waals surface area contributed by atoms with Crippen LogP contribution in [0.1, 0.15) is 11.1 Å². The highest BCUT2D eigenvalue weighted by Gasteiger charge is 2.28. The van der Waals surface area contributed by atoms with Gasteiger partial charge >= 0.3 is 0 Å². The fraction of sp³-hybridized carbons (Fsp3) is 0.379. The van der Waals surface area contributed by atoms with Gasteiger partial charge in [-0.1, -0.05) is 36.9 Å². The first-order valence-electron chi connectivity index (χ1n) is 13.1. The number of ether oxygens (including phenoxy) is 1. The molecule has 1 fully saturated rings. The van der Waals surface area contributed by atoms with Crippen molar-refractivity contribution in [2.45, 2.75) is 19.1 Å². The molecule has 1 aliphatic heterocycles. The van der Waals surface area contributed by atoms with Gasteiger partial charge in [0, 0.05) is 44.6 Å². The molecule has 5 N–H and O–H groups in total. The molecule has 0 radical (unpaired) electrons. The lowest BCUT2D eigenvalue weighted by Crippen LogP contribution is -2.51. The van der Waals surface area contributed by atoms with Gasteiger partial charge in [-0.25, -0.2) is 5.01 Å². The largest absolute Gasteiger partial charge is 0.508 e. The SMILES string of the molecule is C=CCN(C[C@@H](Cc1ccc(O)cc1)C(=O)N(Cc1cccc(N2CCOCC2)c1)CC(N)NC=O)NC=C. The van der Waals surface area contributed by atoms with E-state index in [2.05, 4.69) is 40.9 Å². The van der Waals surface area contributed by atoms with Gasteiger partial charge in [-0.05, 0) is 41.8 Å². The molecule has 10 heteroatoms. The molecular weight excluding hydrogens is 496 g/mol. The number of carbonyl (C=O) groups excluding carboxylic acids is 2. The van der Waals surface area contributed by atoms with E-state index in [0.717, 1.165) is 29.9 Å². The fourth-order valence-corrected chi connectivity index (χ4v) is 4.64. The summed E-state index contributed by atoms with van der Waals surface area (Å²) in [6.45, 7) is 11.9. The number of phenols is 1. The van der Waals surface area contributed by atoms with E-state index in [0.29, 0.717) is 45.7 Å². The second-order valence-electron chi connectivity index (χ2n) is 9.47. The predicted octanol–water partition coefficient (Wildman–Crippen LogP) is 1.58. The minimum absolute atomic E-state index is 0.108. The van der Waals surface area contributed by atoms with Crippen molar-refractivity contribution < 1.29 is 19.4 Å². The molecule has 210 valence electrons. The maximum Gasteiger partial charge on any atom is 0.227 e. The minimum atomic E-state index is -0.723. The Kier molecular flexibility index (Phi) is 11.8. The predicted molar refractivity (Wildman–Crippen MR) is 152 cm³/mol. The van der Waals surface area contributed by atoms with Crippen molar-refractivity contribution in [3.63, 3.8) is 0 Å². The Morgan fingerprint density at radius 1 is 1.13 bits per heavy atom. The Morgan fingerprint density at radius 3 is 2.54 bits per heavy atom. The number of nitrogens with one attached hydrogen (secondary N) is 2. The third kappa shape index (κ3) is 9.43. The van der Waals surface area contributed by atoms with Crippen LogP contribution in [0.4, 0.5) is 5.69 Å². The van der Waals surface area contributed by atoms with Gasteiger partial charge in [0.2, 0.25) is 12.3 Å². The van der Waals surface area contributed by atoms with Crippen LogP contribution in [0, 0.1) is 5.92 Å². The number of benzene rings is 2. The number of carbonyl (C=O) groups is 2. The summed E-state index contributed by atoms with van der Waals surface area (Å²) in [5.41, 5.74) is 12.2. The van der Waals surface area contributed by atoms with Crippen LogP contribution in [0.5, 0.6) is 5.75 Å². The first-order chi connectivity index (χ1) is 18.9. The summed E-state index contributed by atoms with van der Waals surface area (Å²) in [6, 6.07) is 15.0. The van der Waals surface area contributed by atoms with E-state index < -0.39 is 12.1 Å². The maximum atomic E-state index is 14.2. The van der Waals surface area contributed by atoms with Crippen LogP contribution in [-0.2, 0) is 27.3 Å².